The summed E-state index contributed by atoms with van der Waals surface area (Å²) in [5, 5.41) is 16.8. The fraction of sp³-hybridized carbons (Fsp3) is 0.154. The van der Waals surface area contributed by atoms with Gasteiger partial charge in [-0.2, -0.15) is 8.78 Å². The van der Waals surface area contributed by atoms with Crippen LogP contribution in [0.1, 0.15) is 16.8 Å². The number of carbonyl (C=O) groups excluding carboxylic acids is 1. The van der Waals surface area contributed by atoms with E-state index in [-0.39, 0.29) is 5.69 Å². The smallest absolute Gasteiger partial charge is 0.379 e. The third-order valence-electron chi connectivity index (χ3n) is 5.46. The van der Waals surface area contributed by atoms with Gasteiger partial charge in [0, 0.05) is 35.6 Å². The van der Waals surface area contributed by atoms with Crippen LogP contribution in [0.3, 0.4) is 0 Å². The molecule has 0 radical (unpaired) electrons. The van der Waals surface area contributed by atoms with Gasteiger partial charge in [0.25, 0.3) is 0 Å². The number of nitrogens with zero attached hydrogens (tertiary/aromatic N) is 2. The third-order valence-corrected chi connectivity index (χ3v) is 6.09. The monoisotopic (exact) mass is 508 g/mol. The van der Waals surface area contributed by atoms with Crippen molar-refractivity contribution < 1.29 is 23.5 Å². The van der Waals surface area contributed by atoms with Gasteiger partial charge in [-0.25, -0.2) is 9.78 Å². The highest BCUT2D eigenvalue weighted by Crippen LogP contribution is 2.34. The molecule has 0 aliphatic carbocycles. The van der Waals surface area contributed by atoms with Crippen LogP contribution < -0.4 is 10.6 Å². The number of benzene rings is 2. The standard InChI is InChI=1S/C26H22F2N4O3S/c27-26(28,25(34)35)20-11-19(18-6-8-29-9-7-18)12-21(13-20)32-24(33)23(10-17-4-2-1-3-5-17)30-14-22-15-36-16-31-22/h1-9,11-13,15-16,23,30H,10,14H2,(H,32,33)(H,34,35)/t23-/m0/s1. The molecule has 36 heavy (non-hydrogen) atoms. The SMILES string of the molecule is O=C(Nc1cc(-c2ccncc2)cc(C(F)(F)C(=O)O)c1)[C@H](Cc1ccccc1)NCc1cscn1. The topological polar surface area (TPSA) is 104 Å². The van der Waals surface area contributed by atoms with Gasteiger partial charge in [0.15, 0.2) is 0 Å². The number of halogens is 2. The number of carboxylic acid groups (broad SMARTS) is 1. The van der Waals surface area contributed by atoms with Gasteiger partial charge < -0.3 is 10.4 Å². The average molecular weight is 509 g/mol. The first kappa shape index (κ1) is 25.1. The second-order valence-electron chi connectivity index (χ2n) is 8.01. The summed E-state index contributed by atoms with van der Waals surface area (Å²) in [5.74, 6) is -6.88. The normalized spacial score (nSPS) is 12.2. The van der Waals surface area contributed by atoms with E-state index in [9.17, 15) is 18.4 Å². The van der Waals surface area contributed by atoms with E-state index in [0.717, 1.165) is 23.4 Å². The maximum Gasteiger partial charge on any atom is 0.379 e. The lowest BCUT2D eigenvalue weighted by Crippen LogP contribution is -2.42. The number of aliphatic carboxylic acids is 1. The van der Waals surface area contributed by atoms with Gasteiger partial charge in [-0.3, -0.25) is 15.1 Å². The van der Waals surface area contributed by atoms with Crippen molar-refractivity contribution in [3.05, 3.63) is 101 Å². The molecular formula is C26H22F2N4O3S. The van der Waals surface area contributed by atoms with Crippen molar-refractivity contribution in [3.63, 3.8) is 0 Å². The van der Waals surface area contributed by atoms with E-state index in [2.05, 4.69) is 20.6 Å². The Bertz CT molecular complexity index is 1320. The molecule has 3 N–H and O–H groups in total. The summed E-state index contributed by atoms with van der Waals surface area (Å²) in [6, 6.07) is 15.5. The van der Waals surface area contributed by atoms with Crippen molar-refractivity contribution in [1.82, 2.24) is 15.3 Å². The minimum absolute atomic E-state index is 0.0544. The molecule has 0 aliphatic heterocycles. The highest BCUT2D eigenvalue weighted by Gasteiger charge is 2.41. The number of anilines is 1. The molecule has 10 heteroatoms. The lowest BCUT2D eigenvalue weighted by atomic mass is 9.99. The van der Waals surface area contributed by atoms with Crippen LogP contribution in [0.4, 0.5) is 14.5 Å². The molecule has 184 valence electrons. The number of pyridine rings is 1. The number of nitrogens with one attached hydrogen (secondary N) is 2. The Morgan fingerprint density at radius 3 is 2.44 bits per heavy atom. The summed E-state index contributed by atoms with van der Waals surface area (Å²) < 4.78 is 28.9. The van der Waals surface area contributed by atoms with Crippen molar-refractivity contribution in [1.29, 1.82) is 0 Å². The zero-order chi connectivity index (χ0) is 25.5. The molecule has 0 saturated carbocycles. The molecule has 2 aromatic carbocycles. The van der Waals surface area contributed by atoms with Crippen LogP contribution in [0, 0.1) is 0 Å². The van der Waals surface area contributed by atoms with Gasteiger partial charge in [0.1, 0.15) is 0 Å². The number of alkyl halides is 2. The van der Waals surface area contributed by atoms with Crippen LogP contribution in [0.2, 0.25) is 0 Å². The number of carboxylic acids is 1. The van der Waals surface area contributed by atoms with Crippen LogP contribution >= 0.6 is 11.3 Å². The average Bonchev–Trinajstić information content (AvgIpc) is 3.41. The van der Waals surface area contributed by atoms with Gasteiger partial charge in [-0.1, -0.05) is 30.3 Å². The number of hydrogen-bond donors (Lipinski definition) is 3. The fourth-order valence-electron chi connectivity index (χ4n) is 3.60. The number of aromatic nitrogens is 2. The van der Waals surface area contributed by atoms with E-state index in [1.54, 1.807) is 17.6 Å². The predicted molar refractivity (Wildman–Crippen MR) is 133 cm³/mol. The van der Waals surface area contributed by atoms with Crippen molar-refractivity contribution >= 4 is 28.9 Å². The first-order valence-corrected chi connectivity index (χ1v) is 11.9. The zero-order valence-electron chi connectivity index (χ0n) is 18.9. The summed E-state index contributed by atoms with van der Waals surface area (Å²) >= 11 is 1.44. The summed E-state index contributed by atoms with van der Waals surface area (Å²) in [5.41, 5.74) is 3.56. The lowest BCUT2D eigenvalue weighted by molar-refractivity contribution is -0.166. The molecule has 0 bridgehead atoms. The molecular weight excluding hydrogens is 486 g/mol. The second kappa shape index (κ2) is 11.1. The first-order chi connectivity index (χ1) is 17.3. The molecule has 4 aromatic rings. The third kappa shape index (κ3) is 6.15. The van der Waals surface area contributed by atoms with Crippen LogP contribution in [0.15, 0.2) is 83.9 Å². The number of carbonyl (C=O) groups is 2. The Hall–Kier alpha value is -4.02. The van der Waals surface area contributed by atoms with Gasteiger partial charge in [0.2, 0.25) is 5.91 Å². The number of rotatable bonds is 10. The summed E-state index contributed by atoms with van der Waals surface area (Å²) in [6.07, 6.45) is 3.33. The molecule has 0 unspecified atom stereocenters. The number of amides is 1. The maximum absolute atomic E-state index is 14.5. The Morgan fingerprint density at radius 1 is 1.03 bits per heavy atom. The summed E-state index contributed by atoms with van der Waals surface area (Å²) in [6.45, 7) is 0.341. The van der Waals surface area contributed by atoms with Gasteiger partial charge >= 0.3 is 11.9 Å². The van der Waals surface area contributed by atoms with Gasteiger partial charge in [-0.15, -0.1) is 11.3 Å². The maximum atomic E-state index is 14.5. The van der Waals surface area contributed by atoms with Crippen LogP contribution in [-0.2, 0) is 28.5 Å². The highest BCUT2D eigenvalue weighted by molar-refractivity contribution is 7.07. The fourth-order valence-corrected chi connectivity index (χ4v) is 4.16. The Labute approximate surface area is 209 Å². The molecule has 7 nitrogen and oxygen atoms in total. The largest absolute Gasteiger partial charge is 0.477 e. The van der Waals surface area contributed by atoms with Crippen LogP contribution in [0.25, 0.3) is 11.1 Å². The highest BCUT2D eigenvalue weighted by atomic mass is 32.1. The first-order valence-electron chi connectivity index (χ1n) is 11.0. The van der Waals surface area contributed by atoms with Gasteiger partial charge in [-0.05, 0) is 53.4 Å². The van der Waals surface area contributed by atoms with Crippen molar-refractivity contribution in [3.8, 4) is 11.1 Å². The molecule has 0 spiro atoms. The molecule has 0 fully saturated rings. The summed E-state index contributed by atoms with van der Waals surface area (Å²) in [7, 11) is 0. The van der Waals surface area contributed by atoms with E-state index in [4.69, 9.17) is 5.11 Å². The van der Waals surface area contributed by atoms with E-state index in [1.807, 2.05) is 35.7 Å². The van der Waals surface area contributed by atoms with Crippen molar-refractivity contribution in [2.75, 3.05) is 5.32 Å². The number of thiazole rings is 1. The van der Waals surface area contributed by atoms with E-state index < -0.39 is 29.4 Å². The minimum atomic E-state index is -4.14. The Kier molecular flexibility index (Phi) is 7.77. The Morgan fingerprint density at radius 2 is 1.78 bits per heavy atom. The van der Waals surface area contributed by atoms with Crippen LogP contribution in [-0.4, -0.2) is 33.0 Å². The van der Waals surface area contributed by atoms with Gasteiger partial charge in [0.05, 0.1) is 17.2 Å². The summed E-state index contributed by atoms with van der Waals surface area (Å²) in [4.78, 5) is 32.7. The van der Waals surface area contributed by atoms with Crippen molar-refractivity contribution in [2.45, 2.75) is 24.9 Å². The Balaban J connectivity index is 1.64. The lowest BCUT2D eigenvalue weighted by Gasteiger charge is -2.20. The molecule has 2 aromatic heterocycles. The molecule has 0 aliphatic rings. The van der Waals surface area contributed by atoms with E-state index in [0.29, 0.717) is 24.1 Å². The van der Waals surface area contributed by atoms with E-state index >= 15 is 0 Å². The molecule has 1 amide bonds. The van der Waals surface area contributed by atoms with Crippen LogP contribution in [0.5, 0.6) is 0 Å². The molecule has 0 saturated heterocycles. The van der Waals surface area contributed by atoms with Crippen molar-refractivity contribution in [2.24, 2.45) is 0 Å². The zero-order valence-corrected chi connectivity index (χ0v) is 19.7. The molecule has 1 atom stereocenters. The van der Waals surface area contributed by atoms with E-state index in [1.165, 1.54) is 29.8 Å². The molecule has 2 heterocycles. The second-order valence-corrected chi connectivity index (χ2v) is 8.73. The molecule has 4 rings (SSSR count). The predicted octanol–water partition coefficient (Wildman–Crippen LogP) is 4.72. The minimum Gasteiger partial charge on any atom is -0.477 e. The quantitative estimate of drug-likeness (QED) is 0.286. The number of hydrogen-bond acceptors (Lipinski definition) is 6.